The molecule has 0 saturated heterocycles. The lowest BCUT2D eigenvalue weighted by molar-refractivity contribution is 0.0994. The molecular formula is C15H8Cl4O. The van der Waals surface area contributed by atoms with Crippen LogP contribution >= 0.6 is 46.4 Å². The first-order chi connectivity index (χ1) is 9.50. The van der Waals surface area contributed by atoms with Crippen molar-refractivity contribution in [2.24, 2.45) is 0 Å². The van der Waals surface area contributed by atoms with Crippen LogP contribution in [-0.4, -0.2) is 5.78 Å². The molecule has 0 amide bonds. The fraction of sp³-hybridized carbons (Fsp3) is 0.133. The van der Waals surface area contributed by atoms with Gasteiger partial charge in [-0.25, -0.2) is 0 Å². The van der Waals surface area contributed by atoms with E-state index in [2.05, 4.69) is 0 Å². The molecule has 1 nitrogen and oxygen atoms in total. The quantitative estimate of drug-likeness (QED) is 0.451. The van der Waals surface area contributed by atoms with Crippen molar-refractivity contribution in [3.63, 3.8) is 0 Å². The SMILES string of the molecule is O=C1CCc2c1cccc2-c1c(Cl)cc(Cl)c(Cl)c1Cl. The van der Waals surface area contributed by atoms with Crippen LogP contribution in [0, 0.1) is 0 Å². The summed E-state index contributed by atoms with van der Waals surface area (Å²) in [5.41, 5.74) is 3.19. The van der Waals surface area contributed by atoms with Crippen LogP contribution in [-0.2, 0) is 6.42 Å². The Morgan fingerprint density at radius 3 is 2.30 bits per heavy atom. The Hall–Kier alpha value is -0.730. The zero-order valence-corrected chi connectivity index (χ0v) is 13.2. The molecule has 0 spiro atoms. The summed E-state index contributed by atoms with van der Waals surface area (Å²) in [6.45, 7) is 0. The van der Waals surface area contributed by atoms with E-state index in [9.17, 15) is 4.79 Å². The van der Waals surface area contributed by atoms with Crippen LogP contribution in [0.25, 0.3) is 11.1 Å². The Morgan fingerprint density at radius 2 is 1.55 bits per heavy atom. The monoisotopic (exact) mass is 344 g/mol. The van der Waals surface area contributed by atoms with Crippen molar-refractivity contribution >= 4 is 52.2 Å². The van der Waals surface area contributed by atoms with Crippen molar-refractivity contribution in [3.8, 4) is 11.1 Å². The van der Waals surface area contributed by atoms with Crippen LogP contribution in [0.4, 0.5) is 0 Å². The van der Waals surface area contributed by atoms with Gasteiger partial charge in [-0.3, -0.25) is 4.79 Å². The van der Waals surface area contributed by atoms with Gasteiger partial charge in [0.1, 0.15) is 0 Å². The van der Waals surface area contributed by atoms with Crippen LogP contribution in [0.2, 0.25) is 20.1 Å². The molecule has 2 aromatic carbocycles. The molecule has 0 unspecified atom stereocenters. The fourth-order valence-electron chi connectivity index (χ4n) is 2.54. The maximum atomic E-state index is 11.8. The first-order valence-electron chi connectivity index (χ1n) is 5.99. The highest BCUT2D eigenvalue weighted by atomic mass is 35.5. The minimum absolute atomic E-state index is 0.147. The van der Waals surface area contributed by atoms with Crippen molar-refractivity contribution in [1.82, 2.24) is 0 Å². The first-order valence-corrected chi connectivity index (χ1v) is 7.50. The molecule has 0 bridgehead atoms. The predicted octanol–water partition coefficient (Wildman–Crippen LogP) is 6.10. The van der Waals surface area contributed by atoms with Crippen molar-refractivity contribution < 1.29 is 4.79 Å². The Balaban J connectivity index is 2.31. The molecule has 0 heterocycles. The zero-order valence-electron chi connectivity index (χ0n) is 10.1. The summed E-state index contributed by atoms with van der Waals surface area (Å²) in [6.07, 6.45) is 1.21. The van der Waals surface area contributed by atoms with Gasteiger partial charge >= 0.3 is 0 Å². The van der Waals surface area contributed by atoms with E-state index in [-0.39, 0.29) is 10.8 Å². The molecule has 5 heteroatoms. The molecule has 1 aliphatic rings. The number of hydrogen-bond acceptors (Lipinski definition) is 1. The van der Waals surface area contributed by atoms with Gasteiger partial charge in [0.15, 0.2) is 5.78 Å². The highest BCUT2D eigenvalue weighted by Crippen LogP contribution is 2.45. The molecule has 0 atom stereocenters. The summed E-state index contributed by atoms with van der Waals surface area (Å²) in [7, 11) is 0. The van der Waals surface area contributed by atoms with Gasteiger partial charge < -0.3 is 0 Å². The van der Waals surface area contributed by atoms with E-state index in [1.54, 1.807) is 6.07 Å². The number of carbonyl (C=O) groups is 1. The molecule has 102 valence electrons. The highest BCUT2D eigenvalue weighted by Gasteiger charge is 2.25. The van der Waals surface area contributed by atoms with Gasteiger partial charge in [-0.2, -0.15) is 0 Å². The standard InChI is InChI=1S/C15H8Cl4O/c16-10-6-11(17)14(18)15(19)13(10)9-3-1-2-8-7(9)4-5-12(8)20/h1-3,6H,4-5H2. The Bertz CT molecular complexity index is 737. The lowest BCUT2D eigenvalue weighted by atomic mass is 9.96. The topological polar surface area (TPSA) is 17.1 Å². The predicted molar refractivity (Wildman–Crippen MR) is 84.6 cm³/mol. The summed E-state index contributed by atoms with van der Waals surface area (Å²) in [5, 5.41) is 1.33. The second-order valence-electron chi connectivity index (χ2n) is 4.60. The van der Waals surface area contributed by atoms with Crippen molar-refractivity contribution in [3.05, 3.63) is 55.5 Å². The molecule has 0 fully saturated rings. The van der Waals surface area contributed by atoms with Gasteiger partial charge in [-0.1, -0.05) is 64.6 Å². The highest BCUT2D eigenvalue weighted by molar-refractivity contribution is 6.51. The maximum absolute atomic E-state index is 11.8. The maximum Gasteiger partial charge on any atom is 0.163 e. The van der Waals surface area contributed by atoms with E-state index in [1.165, 1.54) is 0 Å². The van der Waals surface area contributed by atoms with Gasteiger partial charge in [0.25, 0.3) is 0 Å². The summed E-state index contributed by atoms with van der Waals surface area (Å²) in [6, 6.07) is 7.12. The molecule has 3 rings (SSSR count). The normalized spacial score (nSPS) is 13.7. The summed E-state index contributed by atoms with van der Waals surface area (Å²) < 4.78 is 0. The number of Topliss-reactive ketones (excluding diaryl/α,β-unsaturated/α-hetero) is 1. The number of hydrogen-bond donors (Lipinski definition) is 0. The molecule has 0 radical (unpaired) electrons. The average Bonchev–Trinajstić information content (AvgIpc) is 2.79. The van der Waals surface area contributed by atoms with E-state index in [1.807, 2.05) is 18.2 Å². The summed E-state index contributed by atoms with van der Waals surface area (Å²) >= 11 is 24.6. The minimum Gasteiger partial charge on any atom is -0.294 e. The number of benzene rings is 2. The molecule has 0 saturated carbocycles. The molecule has 0 aromatic heterocycles. The summed E-state index contributed by atoms with van der Waals surface area (Å²) in [5.74, 6) is 0.147. The second-order valence-corrected chi connectivity index (χ2v) is 6.17. The lowest BCUT2D eigenvalue weighted by Gasteiger charge is -2.13. The minimum atomic E-state index is 0.147. The van der Waals surface area contributed by atoms with Crippen molar-refractivity contribution in [1.29, 1.82) is 0 Å². The smallest absolute Gasteiger partial charge is 0.163 e. The van der Waals surface area contributed by atoms with E-state index in [4.69, 9.17) is 46.4 Å². The molecule has 1 aliphatic carbocycles. The average molecular weight is 346 g/mol. The van der Waals surface area contributed by atoms with E-state index in [0.29, 0.717) is 33.5 Å². The van der Waals surface area contributed by atoms with Gasteiger partial charge in [-0.05, 0) is 23.6 Å². The van der Waals surface area contributed by atoms with E-state index >= 15 is 0 Å². The van der Waals surface area contributed by atoms with Gasteiger partial charge in [0, 0.05) is 17.5 Å². The van der Waals surface area contributed by atoms with Crippen LogP contribution in [0.3, 0.4) is 0 Å². The van der Waals surface area contributed by atoms with Gasteiger partial charge in [0.05, 0.1) is 20.1 Å². The van der Waals surface area contributed by atoms with Gasteiger partial charge in [-0.15, -0.1) is 0 Å². The third-order valence-corrected chi connectivity index (χ3v) is 5.02. The number of carbonyl (C=O) groups excluding carboxylic acids is 1. The van der Waals surface area contributed by atoms with E-state index < -0.39 is 0 Å². The molecule has 0 N–H and O–H groups in total. The number of halogens is 4. The molecule has 2 aromatic rings. The molecule has 20 heavy (non-hydrogen) atoms. The first kappa shape index (κ1) is 14.2. The van der Waals surface area contributed by atoms with Crippen LogP contribution in [0.1, 0.15) is 22.3 Å². The molecular weight excluding hydrogens is 338 g/mol. The molecule has 0 aliphatic heterocycles. The zero-order chi connectivity index (χ0) is 14.4. The third-order valence-electron chi connectivity index (χ3n) is 3.46. The number of ketones is 1. The van der Waals surface area contributed by atoms with Crippen LogP contribution in [0.5, 0.6) is 0 Å². The van der Waals surface area contributed by atoms with E-state index in [0.717, 1.165) is 16.7 Å². The Kier molecular flexibility index (Phi) is 3.72. The second kappa shape index (κ2) is 5.23. The summed E-state index contributed by atoms with van der Waals surface area (Å²) in [4.78, 5) is 11.8. The lowest BCUT2D eigenvalue weighted by Crippen LogP contribution is -1.93. The van der Waals surface area contributed by atoms with Crippen molar-refractivity contribution in [2.45, 2.75) is 12.8 Å². The number of fused-ring (bicyclic) bond motifs is 1. The number of rotatable bonds is 1. The Morgan fingerprint density at radius 1 is 0.850 bits per heavy atom. The largest absolute Gasteiger partial charge is 0.294 e. The van der Waals surface area contributed by atoms with Gasteiger partial charge in [0.2, 0.25) is 0 Å². The van der Waals surface area contributed by atoms with Crippen LogP contribution in [0.15, 0.2) is 24.3 Å². The Labute approximate surface area is 136 Å². The third kappa shape index (κ3) is 2.14. The van der Waals surface area contributed by atoms with Crippen LogP contribution < -0.4 is 0 Å². The van der Waals surface area contributed by atoms with Crippen molar-refractivity contribution in [2.75, 3.05) is 0 Å². The fourth-order valence-corrected chi connectivity index (χ4v) is 3.65.